The zero-order valence-corrected chi connectivity index (χ0v) is 15.4. The van der Waals surface area contributed by atoms with Crippen molar-refractivity contribution in [2.45, 2.75) is 45.0 Å². The zero-order chi connectivity index (χ0) is 17.0. The monoisotopic (exact) mass is 333 g/mol. The second kappa shape index (κ2) is 7.99. The van der Waals surface area contributed by atoms with Gasteiger partial charge in [0.1, 0.15) is 0 Å². The third-order valence-corrected chi connectivity index (χ3v) is 5.50. The van der Waals surface area contributed by atoms with Crippen molar-refractivity contribution in [3.63, 3.8) is 0 Å². The van der Waals surface area contributed by atoms with Crippen molar-refractivity contribution in [3.8, 4) is 5.69 Å². The molecule has 0 aliphatic carbocycles. The van der Waals surface area contributed by atoms with E-state index < -0.39 is 0 Å². The van der Waals surface area contributed by atoms with Crippen LogP contribution in [0.4, 0.5) is 0 Å². The molecule has 3 atom stereocenters. The van der Waals surface area contributed by atoms with E-state index in [1.165, 1.54) is 5.56 Å². The van der Waals surface area contributed by atoms with Gasteiger partial charge < -0.3 is 10.4 Å². The first-order valence-electron chi connectivity index (χ1n) is 8.00. The van der Waals surface area contributed by atoms with Gasteiger partial charge in [0, 0.05) is 28.6 Å². The molecule has 3 unspecified atom stereocenters. The highest BCUT2D eigenvalue weighted by atomic mass is 32.2. The number of para-hydroxylation sites is 1. The van der Waals surface area contributed by atoms with E-state index in [2.05, 4.69) is 45.1 Å². The Morgan fingerprint density at radius 2 is 1.87 bits per heavy atom. The average Bonchev–Trinajstić information content (AvgIpc) is 2.84. The molecule has 1 heterocycles. The maximum Gasteiger partial charge on any atom is 0.0648 e. The fourth-order valence-corrected chi connectivity index (χ4v) is 3.76. The minimum Gasteiger partial charge on any atom is -0.395 e. The van der Waals surface area contributed by atoms with Crippen LogP contribution in [0.5, 0.6) is 0 Å². The molecular formula is C18H27N3OS. The quantitative estimate of drug-likeness (QED) is 0.817. The Hall–Kier alpha value is -1.30. The van der Waals surface area contributed by atoms with Gasteiger partial charge in [-0.3, -0.25) is 0 Å². The molecule has 2 rings (SSSR count). The molecule has 0 aliphatic heterocycles. The van der Waals surface area contributed by atoms with Gasteiger partial charge in [0.2, 0.25) is 0 Å². The van der Waals surface area contributed by atoms with Crippen LogP contribution in [-0.2, 0) is 0 Å². The van der Waals surface area contributed by atoms with Crippen molar-refractivity contribution in [2.75, 3.05) is 12.9 Å². The molecule has 0 aliphatic rings. The maximum absolute atomic E-state index is 9.46. The topological polar surface area (TPSA) is 50.1 Å². The Morgan fingerprint density at radius 3 is 2.43 bits per heavy atom. The van der Waals surface area contributed by atoms with Gasteiger partial charge >= 0.3 is 0 Å². The highest BCUT2D eigenvalue weighted by molar-refractivity contribution is 7.99. The predicted octanol–water partition coefficient (Wildman–Crippen LogP) is 3.25. The van der Waals surface area contributed by atoms with Gasteiger partial charge in [0.05, 0.1) is 18.0 Å². The molecule has 2 aromatic rings. The lowest BCUT2D eigenvalue weighted by Crippen LogP contribution is -2.39. The number of hydrogen-bond acceptors (Lipinski definition) is 4. The highest BCUT2D eigenvalue weighted by Gasteiger charge is 2.22. The molecule has 5 heteroatoms. The molecule has 0 bridgehead atoms. The van der Waals surface area contributed by atoms with Crippen molar-refractivity contribution >= 4 is 11.8 Å². The summed E-state index contributed by atoms with van der Waals surface area (Å²) < 4.78 is 2.01. The fraction of sp³-hybridized carbons (Fsp3) is 0.500. The number of thioether (sulfide) groups is 1. The van der Waals surface area contributed by atoms with Crippen molar-refractivity contribution in [1.82, 2.24) is 15.1 Å². The maximum atomic E-state index is 9.46. The van der Waals surface area contributed by atoms with E-state index in [9.17, 15) is 5.11 Å². The molecular weight excluding hydrogens is 306 g/mol. The number of aromatic nitrogens is 2. The molecule has 0 saturated heterocycles. The largest absolute Gasteiger partial charge is 0.395 e. The first-order chi connectivity index (χ1) is 11.0. The van der Waals surface area contributed by atoms with Crippen LogP contribution in [0.25, 0.3) is 5.69 Å². The average molecular weight is 334 g/mol. The predicted molar refractivity (Wildman–Crippen MR) is 98.4 cm³/mol. The van der Waals surface area contributed by atoms with Crippen LogP contribution in [0.2, 0.25) is 0 Å². The first kappa shape index (κ1) is 18.0. The second-order valence-electron chi connectivity index (χ2n) is 5.97. The minimum atomic E-state index is 0.184. The van der Waals surface area contributed by atoms with E-state index in [-0.39, 0.29) is 23.9 Å². The molecule has 0 fully saturated rings. The summed E-state index contributed by atoms with van der Waals surface area (Å²) in [7, 11) is 0. The molecule has 0 radical (unpaired) electrons. The number of aliphatic hydroxyl groups excluding tert-OH is 1. The van der Waals surface area contributed by atoms with E-state index in [1.54, 1.807) is 11.8 Å². The van der Waals surface area contributed by atoms with Crippen LogP contribution in [-0.4, -0.2) is 39.0 Å². The van der Waals surface area contributed by atoms with Gasteiger partial charge in [-0.25, -0.2) is 4.68 Å². The lowest BCUT2D eigenvalue weighted by molar-refractivity contribution is 0.271. The van der Waals surface area contributed by atoms with E-state index >= 15 is 0 Å². The van der Waals surface area contributed by atoms with Gasteiger partial charge in [-0.05, 0) is 46.1 Å². The molecule has 1 aromatic heterocycles. The van der Waals surface area contributed by atoms with Gasteiger partial charge in [-0.15, -0.1) is 0 Å². The molecule has 0 spiro atoms. The van der Waals surface area contributed by atoms with Crippen molar-refractivity contribution in [2.24, 2.45) is 0 Å². The lowest BCUT2D eigenvalue weighted by atomic mass is 10.0. The second-order valence-corrected chi connectivity index (χ2v) is 7.04. The summed E-state index contributed by atoms with van der Waals surface area (Å²) in [5.41, 5.74) is 4.52. The number of aryl methyl sites for hydroxylation is 1. The van der Waals surface area contributed by atoms with Gasteiger partial charge in [-0.1, -0.05) is 18.2 Å². The summed E-state index contributed by atoms with van der Waals surface area (Å²) in [5, 5.41) is 18.0. The van der Waals surface area contributed by atoms with Crippen LogP contribution in [0.1, 0.15) is 36.8 Å². The number of nitrogens with one attached hydrogen (secondary N) is 1. The molecule has 1 aromatic carbocycles. The van der Waals surface area contributed by atoms with Crippen LogP contribution in [0, 0.1) is 13.8 Å². The Kier molecular flexibility index (Phi) is 6.27. The number of aliphatic hydroxyl groups is 1. The van der Waals surface area contributed by atoms with Crippen LogP contribution in [0.15, 0.2) is 30.3 Å². The Morgan fingerprint density at radius 1 is 1.22 bits per heavy atom. The highest BCUT2D eigenvalue weighted by Crippen LogP contribution is 2.25. The number of hydrogen-bond donors (Lipinski definition) is 2. The van der Waals surface area contributed by atoms with Gasteiger partial charge in [-0.2, -0.15) is 16.9 Å². The van der Waals surface area contributed by atoms with Crippen molar-refractivity contribution < 1.29 is 5.11 Å². The van der Waals surface area contributed by atoms with Gasteiger partial charge in [0.25, 0.3) is 0 Å². The number of benzene rings is 1. The molecule has 4 nitrogen and oxygen atoms in total. The zero-order valence-electron chi connectivity index (χ0n) is 14.6. The summed E-state index contributed by atoms with van der Waals surface area (Å²) >= 11 is 1.69. The van der Waals surface area contributed by atoms with E-state index in [1.807, 2.05) is 29.1 Å². The summed E-state index contributed by atoms with van der Waals surface area (Å²) in [6.45, 7) is 8.65. The fourth-order valence-electron chi connectivity index (χ4n) is 3.12. The standard InChI is InChI=1S/C18H27N3OS/c1-12(17(11-22)23-5)19-13(2)18-14(3)20-21(15(18)4)16-9-7-6-8-10-16/h6-10,12-13,17,19,22H,11H2,1-5H3. The SMILES string of the molecule is CSC(CO)C(C)NC(C)c1c(C)nn(-c2ccccc2)c1C. The van der Waals surface area contributed by atoms with Crippen LogP contribution in [0.3, 0.4) is 0 Å². The molecule has 23 heavy (non-hydrogen) atoms. The van der Waals surface area contributed by atoms with Crippen LogP contribution >= 0.6 is 11.8 Å². The van der Waals surface area contributed by atoms with E-state index in [4.69, 9.17) is 5.10 Å². The Balaban J connectivity index is 2.25. The number of rotatable bonds is 7. The first-order valence-corrected chi connectivity index (χ1v) is 9.29. The van der Waals surface area contributed by atoms with E-state index in [0.29, 0.717) is 0 Å². The minimum absolute atomic E-state index is 0.184. The summed E-state index contributed by atoms with van der Waals surface area (Å²) in [5.74, 6) is 0. The van der Waals surface area contributed by atoms with Gasteiger partial charge in [0.15, 0.2) is 0 Å². The molecule has 126 valence electrons. The Bertz CT molecular complexity index is 623. The smallest absolute Gasteiger partial charge is 0.0648 e. The Labute approximate surface area is 143 Å². The van der Waals surface area contributed by atoms with Crippen LogP contribution < -0.4 is 5.32 Å². The molecule has 0 saturated carbocycles. The van der Waals surface area contributed by atoms with Crippen molar-refractivity contribution in [3.05, 3.63) is 47.3 Å². The normalized spacial score (nSPS) is 15.4. The number of nitrogens with zero attached hydrogens (tertiary/aromatic N) is 2. The summed E-state index contributed by atoms with van der Waals surface area (Å²) in [4.78, 5) is 0. The van der Waals surface area contributed by atoms with Crippen molar-refractivity contribution in [1.29, 1.82) is 0 Å². The third kappa shape index (κ3) is 3.97. The lowest BCUT2D eigenvalue weighted by Gasteiger charge is -2.25. The summed E-state index contributed by atoms with van der Waals surface area (Å²) in [6, 6.07) is 10.6. The summed E-state index contributed by atoms with van der Waals surface area (Å²) in [6.07, 6.45) is 2.04. The molecule has 2 N–H and O–H groups in total. The molecule has 0 amide bonds. The van der Waals surface area contributed by atoms with E-state index in [0.717, 1.165) is 17.1 Å². The third-order valence-electron chi connectivity index (χ3n) is 4.33.